The van der Waals surface area contributed by atoms with Crippen molar-refractivity contribution in [3.05, 3.63) is 34.9 Å². The summed E-state index contributed by atoms with van der Waals surface area (Å²) in [5, 5.41) is 10.1. The highest BCUT2D eigenvalue weighted by Crippen LogP contribution is 2.24. The van der Waals surface area contributed by atoms with Gasteiger partial charge < -0.3 is 25.6 Å². The Kier molecular flexibility index (Phi) is 8.57. The summed E-state index contributed by atoms with van der Waals surface area (Å²) in [7, 11) is 0. The first-order chi connectivity index (χ1) is 17.0. The van der Waals surface area contributed by atoms with Gasteiger partial charge in [0.2, 0.25) is 23.8 Å². The molecule has 0 aliphatic carbocycles. The second-order valence-corrected chi connectivity index (χ2v) is 9.22. The van der Waals surface area contributed by atoms with E-state index in [0.29, 0.717) is 55.5 Å². The van der Waals surface area contributed by atoms with E-state index < -0.39 is 6.04 Å². The lowest BCUT2D eigenvalue weighted by atomic mass is 9.98. The van der Waals surface area contributed by atoms with Gasteiger partial charge in [0.05, 0.1) is 12.5 Å². The maximum absolute atomic E-state index is 12.5. The van der Waals surface area contributed by atoms with Crippen molar-refractivity contribution in [1.82, 2.24) is 20.3 Å². The molecule has 1 aromatic heterocycles. The predicted molar refractivity (Wildman–Crippen MR) is 134 cm³/mol. The lowest BCUT2D eigenvalue weighted by molar-refractivity contribution is -0.148. The second-order valence-electron chi connectivity index (χ2n) is 8.78. The van der Waals surface area contributed by atoms with Crippen LogP contribution in [0.2, 0.25) is 5.02 Å². The van der Waals surface area contributed by atoms with Crippen LogP contribution in [-0.2, 0) is 20.9 Å². The number of halogens is 1. The number of amides is 1. The summed E-state index contributed by atoms with van der Waals surface area (Å²) in [6.07, 6.45) is 4.19. The van der Waals surface area contributed by atoms with Crippen molar-refractivity contribution in [1.29, 1.82) is 0 Å². The number of piperidine rings is 1. The first kappa shape index (κ1) is 25.0. The molecule has 0 bridgehead atoms. The molecule has 0 radical (unpaired) electrons. The average Bonchev–Trinajstić information content (AvgIpc) is 3.07. The van der Waals surface area contributed by atoms with Gasteiger partial charge >= 0.3 is 5.97 Å². The zero-order valence-electron chi connectivity index (χ0n) is 19.9. The minimum Gasteiger partial charge on any atom is -0.466 e. The topological polar surface area (TPSA) is 121 Å². The van der Waals surface area contributed by atoms with Crippen LogP contribution in [-0.4, -0.2) is 59.1 Å². The third kappa shape index (κ3) is 6.94. The molecule has 2 saturated heterocycles. The van der Waals surface area contributed by atoms with Crippen molar-refractivity contribution in [2.24, 2.45) is 5.92 Å². The lowest BCUT2D eigenvalue weighted by Gasteiger charge is -2.31. The third-order valence-electron chi connectivity index (χ3n) is 6.15. The van der Waals surface area contributed by atoms with Crippen molar-refractivity contribution in [2.45, 2.75) is 51.6 Å². The molecule has 2 fully saturated rings. The maximum Gasteiger partial charge on any atom is 0.310 e. The molecular formula is C24H32ClN7O3. The molecule has 2 atom stereocenters. The fraction of sp³-hybridized carbons (Fsp3) is 0.542. The van der Waals surface area contributed by atoms with Crippen LogP contribution in [0, 0.1) is 5.92 Å². The standard InChI is InChI=1S/C24H32ClN7O3/c1-2-35-21(34)17-6-5-13-32(15-17)24-30-22(27-14-16-8-10-18(25)11-9-16)29-23(31-24)28-19-7-3-4-12-26-20(19)33/h8-11,17,19H,2-7,12-15H2,1H3,(H,26,33)(H2,27,28,29,30,31). The minimum absolute atomic E-state index is 0.0551. The Morgan fingerprint density at radius 2 is 1.94 bits per heavy atom. The minimum atomic E-state index is -0.412. The van der Waals surface area contributed by atoms with Crippen LogP contribution in [0.3, 0.4) is 0 Å². The monoisotopic (exact) mass is 501 g/mol. The molecule has 2 aromatic rings. The molecule has 10 nitrogen and oxygen atoms in total. The van der Waals surface area contributed by atoms with Gasteiger partial charge in [0.15, 0.2) is 0 Å². The fourth-order valence-corrected chi connectivity index (χ4v) is 4.40. The number of esters is 1. The number of hydrogen-bond acceptors (Lipinski definition) is 9. The van der Waals surface area contributed by atoms with Crippen molar-refractivity contribution < 1.29 is 14.3 Å². The van der Waals surface area contributed by atoms with E-state index in [-0.39, 0.29) is 17.8 Å². The van der Waals surface area contributed by atoms with E-state index in [2.05, 4.69) is 30.9 Å². The maximum atomic E-state index is 12.5. The van der Waals surface area contributed by atoms with Gasteiger partial charge in [0, 0.05) is 31.2 Å². The van der Waals surface area contributed by atoms with Crippen LogP contribution >= 0.6 is 11.6 Å². The molecule has 11 heteroatoms. The highest BCUT2D eigenvalue weighted by molar-refractivity contribution is 6.30. The van der Waals surface area contributed by atoms with Gasteiger partial charge in [-0.1, -0.05) is 23.7 Å². The van der Waals surface area contributed by atoms with Crippen LogP contribution in [0.15, 0.2) is 24.3 Å². The van der Waals surface area contributed by atoms with Crippen molar-refractivity contribution in [3.63, 3.8) is 0 Å². The van der Waals surface area contributed by atoms with Gasteiger partial charge in [-0.05, 0) is 56.7 Å². The first-order valence-corrected chi connectivity index (χ1v) is 12.6. The molecule has 3 heterocycles. The van der Waals surface area contributed by atoms with Gasteiger partial charge in [-0.2, -0.15) is 15.0 Å². The molecule has 2 aliphatic heterocycles. The summed E-state index contributed by atoms with van der Waals surface area (Å²) < 4.78 is 5.24. The second kappa shape index (κ2) is 12.0. The normalized spacial score (nSPS) is 20.5. The van der Waals surface area contributed by atoms with Crippen molar-refractivity contribution >= 4 is 41.3 Å². The van der Waals surface area contributed by atoms with E-state index in [1.165, 1.54) is 0 Å². The first-order valence-electron chi connectivity index (χ1n) is 12.2. The van der Waals surface area contributed by atoms with Gasteiger partial charge in [-0.15, -0.1) is 0 Å². The zero-order valence-corrected chi connectivity index (χ0v) is 20.7. The number of benzene rings is 1. The molecular weight excluding hydrogens is 470 g/mol. The Balaban J connectivity index is 1.55. The molecule has 4 rings (SSSR count). The van der Waals surface area contributed by atoms with Crippen LogP contribution in [0.4, 0.5) is 17.8 Å². The SMILES string of the molecule is CCOC(=O)C1CCCN(c2nc(NCc3ccc(Cl)cc3)nc(NC3CCCCNC3=O)n2)C1. The summed E-state index contributed by atoms with van der Waals surface area (Å²) in [6, 6.07) is 7.11. The highest BCUT2D eigenvalue weighted by atomic mass is 35.5. The average molecular weight is 502 g/mol. The fourth-order valence-electron chi connectivity index (χ4n) is 4.28. The summed E-state index contributed by atoms with van der Waals surface area (Å²) in [5.41, 5.74) is 1.02. The molecule has 1 amide bonds. The van der Waals surface area contributed by atoms with Crippen LogP contribution < -0.4 is 20.9 Å². The summed E-state index contributed by atoms with van der Waals surface area (Å²) in [4.78, 5) is 40.6. The van der Waals surface area contributed by atoms with Crippen LogP contribution in [0.1, 0.15) is 44.6 Å². The molecule has 2 aliphatic rings. The number of nitrogens with zero attached hydrogens (tertiary/aromatic N) is 4. The molecule has 188 valence electrons. The number of anilines is 3. The van der Waals surface area contributed by atoms with E-state index in [0.717, 1.165) is 37.8 Å². The van der Waals surface area contributed by atoms with E-state index in [9.17, 15) is 9.59 Å². The molecule has 3 N–H and O–H groups in total. The quantitative estimate of drug-likeness (QED) is 0.468. The molecule has 1 aromatic carbocycles. The Hall–Kier alpha value is -3.14. The summed E-state index contributed by atoms with van der Waals surface area (Å²) >= 11 is 5.99. The third-order valence-corrected chi connectivity index (χ3v) is 6.40. The van der Waals surface area contributed by atoms with Crippen molar-refractivity contribution in [2.75, 3.05) is 41.8 Å². The van der Waals surface area contributed by atoms with E-state index in [1.54, 1.807) is 0 Å². The molecule has 35 heavy (non-hydrogen) atoms. The van der Waals surface area contributed by atoms with Crippen molar-refractivity contribution in [3.8, 4) is 0 Å². The van der Waals surface area contributed by atoms with Crippen LogP contribution in [0.5, 0.6) is 0 Å². The van der Waals surface area contributed by atoms with Gasteiger partial charge in [-0.25, -0.2) is 0 Å². The Bertz CT molecular complexity index is 1020. The molecule has 2 unspecified atom stereocenters. The lowest BCUT2D eigenvalue weighted by Crippen LogP contribution is -2.41. The molecule has 0 saturated carbocycles. The Morgan fingerprint density at radius 1 is 1.14 bits per heavy atom. The van der Waals surface area contributed by atoms with E-state index >= 15 is 0 Å². The van der Waals surface area contributed by atoms with Gasteiger partial charge in [-0.3, -0.25) is 9.59 Å². The Morgan fingerprint density at radius 3 is 2.74 bits per heavy atom. The molecule has 0 spiro atoms. The predicted octanol–water partition coefficient (Wildman–Crippen LogP) is 3.00. The largest absolute Gasteiger partial charge is 0.466 e. The highest BCUT2D eigenvalue weighted by Gasteiger charge is 2.29. The zero-order chi connectivity index (χ0) is 24.6. The van der Waals surface area contributed by atoms with Gasteiger partial charge in [0.25, 0.3) is 0 Å². The number of hydrogen-bond donors (Lipinski definition) is 3. The number of ether oxygens (including phenoxy) is 1. The van der Waals surface area contributed by atoms with E-state index in [1.807, 2.05) is 36.1 Å². The van der Waals surface area contributed by atoms with Crippen LogP contribution in [0.25, 0.3) is 0 Å². The Labute approximate surface area is 210 Å². The number of carbonyl (C=O) groups excluding carboxylic acids is 2. The number of rotatable bonds is 8. The summed E-state index contributed by atoms with van der Waals surface area (Å²) in [6.45, 7) is 4.54. The number of carbonyl (C=O) groups is 2. The summed E-state index contributed by atoms with van der Waals surface area (Å²) in [5.74, 6) is 0.703. The van der Waals surface area contributed by atoms with Gasteiger partial charge in [0.1, 0.15) is 6.04 Å². The number of aromatic nitrogens is 3. The smallest absolute Gasteiger partial charge is 0.310 e. The van der Waals surface area contributed by atoms with E-state index in [4.69, 9.17) is 16.3 Å². The number of nitrogens with one attached hydrogen (secondary N) is 3.